The molecule has 1 atom stereocenters. The number of hydrogen-bond donors (Lipinski definition) is 3. The highest BCUT2D eigenvalue weighted by molar-refractivity contribution is 5.86. The number of rotatable bonds is 17. The van der Waals surface area contributed by atoms with Crippen molar-refractivity contribution in [1.29, 1.82) is 0 Å². The fourth-order valence-corrected chi connectivity index (χ4v) is 6.03. The normalized spacial score (nSPS) is 13.0. The number of aliphatic carboxylic acids is 1. The van der Waals surface area contributed by atoms with E-state index >= 15 is 0 Å². The summed E-state index contributed by atoms with van der Waals surface area (Å²) in [7, 11) is 0. The van der Waals surface area contributed by atoms with Crippen molar-refractivity contribution in [2.24, 2.45) is 0 Å². The molecular weight excluding hydrogens is 682 g/mol. The third kappa shape index (κ3) is 12.4. The van der Waals surface area contributed by atoms with Gasteiger partial charge in [-0.1, -0.05) is 48.5 Å². The third-order valence-corrected chi connectivity index (χ3v) is 8.25. The molecule has 0 fully saturated rings. The number of carbonyl (C=O) groups excluding carboxylic acids is 4. The van der Waals surface area contributed by atoms with E-state index in [-0.39, 0.29) is 25.5 Å². The van der Waals surface area contributed by atoms with Crippen molar-refractivity contribution < 1.29 is 43.3 Å². The number of carbonyl (C=O) groups is 5. The van der Waals surface area contributed by atoms with Gasteiger partial charge in [-0.05, 0) is 89.6 Å². The van der Waals surface area contributed by atoms with Crippen molar-refractivity contribution in [1.82, 2.24) is 25.1 Å². The molecule has 1 aromatic heterocycles. The monoisotopic (exact) mass is 733 g/mol. The summed E-state index contributed by atoms with van der Waals surface area (Å²) in [5.74, 6) is -2.53. The molecule has 0 saturated heterocycles. The van der Waals surface area contributed by atoms with Crippen LogP contribution < -0.4 is 10.6 Å². The fourth-order valence-electron chi connectivity index (χ4n) is 6.03. The molecule has 3 N–H and O–H groups in total. The van der Waals surface area contributed by atoms with Crippen LogP contribution >= 0.6 is 0 Å². The highest BCUT2D eigenvalue weighted by atomic mass is 16.6. The van der Waals surface area contributed by atoms with Gasteiger partial charge < -0.3 is 39.4 Å². The molecule has 1 heterocycles. The Hall–Kier alpha value is -5.24. The minimum atomic E-state index is -1.15. The number of ether oxygens (including phenoxy) is 3. The number of carboxylic acid groups (broad SMARTS) is 1. The first kappa shape index (κ1) is 40.5. The molecule has 0 spiro atoms. The van der Waals surface area contributed by atoms with Crippen molar-refractivity contribution in [2.75, 3.05) is 26.2 Å². The Kier molecular flexibility index (Phi) is 13.8. The maximum absolute atomic E-state index is 13.3. The van der Waals surface area contributed by atoms with Gasteiger partial charge in [0.15, 0.2) is 0 Å². The second kappa shape index (κ2) is 18.0. The Morgan fingerprint density at radius 2 is 1.43 bits per heavy atom. The zero-order valence-corrected chi connectivity index (χ0v) is 31.3. The minimum absolute atomic E-state index is 0.0863. The van der Waals surface area contributed by atoms with Crippen LogP contribution in [0.5, 0.6) is 0 Å². The molecule has 286 valence electrons. The maximum Gasteiger partial charge on any atom is 0.407 e. The SMILES string of the molecule is CC(C)(C)OC(=O)CN(CC(=O)OC(C)(C)C)C(=O)Cn1ccnc1CNCCCCC(NC(=O)OCC1c2ccccc2-c2ccccc21)C(=O)O. The van der Waals surface area contributed by atoms with Crippen LogP contribution in [0.25, 0.3) is 11.1 Å². The molecule has 0 bridgehead atoms. The molecule has 14 heteroatoms. The van der Waals surface area contributed by atoms with Crippen molar-refractivity contribution >= 4 is 29.9 Å². The zero-order valence-electron chi connectivity index (χ0n) is 31.3. The number of hydrogen-bond acceptors (Lipinski definition) is 10. The van der Waals surface area contributed by atoms with Crippen LogP contribution in [0.4, 0.5) is 4.79 Å². The lowest BCUT2D eigenvalue weighted by Gasteiger charge is -2.26. The number of aromatic nitrogens is 2. The Bertz CT molecular complexity index is 1680. The van der Waals surface area contributed by atoms with Gasteiger partial charge in [0, 0.05) is 18.3 Å². The summed E-state index contributed by atoms with van der Waals surface area (Å²) < 4.78 is 17.9. The molecule has 2 amide bonds. The smallest absolute Gasteiger partial charge is 0.407 e. The molecule has 0 aliphatic heterocycles. The molecule has 1 aliphatic carbocycles. The second-order valence-corrected chi connectivity index (χ2v) is 14.9. The minimum Gasteiger partial charge on any atom is -0.480 e. The summed E-state index contributed by atoms with van der Waals surface area (Å²) in [6, 6.07) is 14.8. The van der Waals surface area contributed by atoms with E-state index in [1.54, 1.807) is 58.5 Å². The number of esters is 2. The number of unbranched alkanes of at least 4 members (excludes halogenated alkanes) is 1. The average Bonchev–Trinajstić information content (AvgIpc) is 3.64. The van der Waals surface area contributed by atoms with E-state index in [9.17, 15) is 29.1 Å². The van der Waals surface area contributed by atoms with E-state index in [1.165, 1.54) is 0 Å². The number of fused-ring (bicyclic) bond motifs is 3. The topological polar surface area (TPSA) is 178 Å². The molecule has 1 unspecified atom stereocenters. The third-order valence-electron chi connectivity index (χ3n) is 8.25. The molecule has 14 nitrogen and oxygen atoms in total. The quantitative estimate of drug-likeness (QED) is 0.1000. The first-order valence-electron chi connectivity index (χ1n) is 17.8. The lowest BCUT2D eigenvalue weighted by atomic mass is 9.98. The zero-order chi connectivity index (χ0) is 38.8. The van der Waals surface area contributed by atoms with E-state index in [1.807, 2.05) is 48.5 Å². The van der Waals surface area contributed by atoms with E-state index in [2.05, 4.69) is 15.6 Å². The molecular formula is C39H51N5O9. The molecule has 53 heavy (non-hydrogen) atoms. The Morgan fingerprint density at radius 1 is 0.868 bits per heavy atom. The highest BCUT2D eigenvalue weighted by Gasteiger charge is 2.30. The highest BCUT2D eigenvalue weighted by Crippen LogP contribution is 2.44. The van der Waals surface area contributed by atoms with Gasteiger partial charge in [-0.15, -0.1) is 0 Å². The number of benzene rings is 2. The van der Waals surface area contributed by atoms with Gasteiger partial charge in [0.05, 0.1) is 6.54 Å². The largest absolute Gasteiger partial charge is 0.480 e. The number of carboxylic acids is 1. The van der Waals surface area contributed by atoms with Gasteiger partial charge in [0.1, 0.15) is 49.3 Å². The summed E-state index contributed by atoms with van der Waals surface area (Å²) in [6.07, 6.45) is 3.70. The van der Waals surface area contributed by atoms with Crippen molar-refractivity contribution in [3.8, 4) is 11.1 Å². The Balaban J connectivity index is 1.22. The Morgan fingerprint density at radius 3 is 1.98 bits per heavy atom. The van der Waals surface area contributed by atoms with Crippen LogP contribution in [-0.4, -0.2) is 93.0 Å². The van der Waals surface area contributed by atoms with Gasteiger partial charge in [0.25, 0.3) is 0 Å². The average molecular weight is 734 g/mol. The van der Waals surface area contributed by atoms with Crippen molar-refractivity contribution in [3.63, 3.8) is 0 Å². The van der Waals surface area contributed by atoms with Crippen LogP contribution in [-0.2, 0) is 46.5 Å². The summed E-state index contributed by atoms with van der Waals surface area (Å²) in [5.41, 5.74) is 2.79. The first-order chi connectivity index (χ1) is 25.0. The van der Waals surface area contributed by atoms with Gasteiger partial charge in [-0.25, -0.2) is 14.6 Å². The number of nitrogens with zero attached hydrogens (tertiary/aromatic N) is 3. The maximum atomic E-state index is 13.3. The van der Waals surface area contributed by atoms with Crippen LogP contribution in [0.1, 0.15) is 83.7 Å². The second-order valence-electron chi connectivity index (χ2n) is 14.9. The fraction of sp³-hybridized carbons (Fsp3) is 0.487. The number of amides is 2. The predicted molar refractivity (Wildman–Crippen MR) is 196 cm³/mol. The summed E-state index contributed by atoms with van der Waals surface area (Å²) in [6.45, 7) is 10.2. The van der Waals surface area contributed by atoms with Crippen molar-refractivity contribution in [3.05, 3.63) is 77.9 Å². The van der Waals surface area contributed by atoms with Crippen molar-refractivity contribution in [2.45, 2.75) is 97.1 Å². The van der Waals surface area contributed by atoms with E-state index in [0.717, 1.165) is 27.2 Å². The lowest BCUT2D eigenvalue weighted by molar-refractivity contribution is -0.164. The van der Waals surface area contributed by atoms with E-state index in [0.29, 0.717) is 31.8 Å². The van der Waals surface area contributed by atoms with E-state index in [4.69, 9.17) is 14.2 Å². The summed E-state index contributed by atoms with van der Waals surface area (Å²) in [4.78, 5) is 68.5. The molecule has 4 rings (SSSR count). The molecule has 3 aromatic rings. The van der Waals surface area contributed by atoms with Crippen LogP contribution in [0.2, 0.25) is 0 Å². The van der Waals surface area contributed by atoms with Crippen LogP contribution in [0.3, 0.4) is 0 Å². The lowest BCUT2D eigenvalue weighted by Crippen LogP contribution is -2.44. The van der Waals surface area contributed by atoms with Gasteiger partial charge in [-0.2, -0.15) is 0 Å². The standard InChI is InChI=1S/C39H51N5O9/c1-38(2,3)52-34(46)23-44(24-35(47)53-39(4,5)6)33(45)22-43-20-19-41-32(43)21-40-18-12-11-17-31(36(48)49)42-37(50)51-25-30-28-15-9-7-13-26(28)27-14-8-10-16-29(27)30/h7-10,13-16,19-20,30-31,40H,11-12,17-18,21-25H2,1-6H3,(H,42,50)(H,48,49). The Labute approximate surface area is 310 Å². The molecule has 0 radical (unpaired) electrons. The number of imidazole rings is 1. The predicted octanol–water partition coefficient (Wildman–Crippen LogP) is 4.65. The van der Waals surface area contributed by atoms with Crippen LogP contribution in [0.15, 0.2) is 60.9 Å². The van der Waals surface area contributed by atoms with Crippen LogP contribution in [0, 0.1) is 0 Å². The summed E-state index contributed by atoms with van der Waals surface area (Å²) in [5, 5.41) is 15.5. The number of alkyl carbamates (subject to hydrolysis) is 1. The van der Waals surface area contributed by atoms with Gasteiger partial charge >= 0.3 is 24.0 Å². The first-order valence-corrected chi connectivity index (χ1v) is 17.8. The van der Waals surface area contributed by atoms with Gasteiger partial charge in [-0.3, -0.25) is 14.4 Å². The molecule has 2 aromatic carbocycles. The number of nitrogens with one attached hydrogen (secondary N) is 2. The molecule has 0 saturated carbocycles. The summed E-state index contributed by atoms with van der Waals surface area (Å²) >= 11 is 0. The van der Waals surface area contributed by atoms with Gasteiger partial charge in [0.2, 0.25) is 5.91 Å². The molecule has 1 aliphatic rings. The van der Waals surface area contributed by atoms with E-state index < -0.39 is 60.2 Å².